The van der Waals surface area contributed by atoms with Gasteiger partial charge in [-0.15, -0.1) is 0 Å². The van der Waals surface area contributed by atoms with E-state index >= 15 is 0 Å². The molecule has 0 bridgehead atoms. The lowest BCUT2D eigenvalue weighted by Crippen LogP contribution is -2.54. The maximum atomic E-state index is 2.66. The summed E-state index contributed by atoms with van der Waals surface area (Å²) >= 11 is 0. The summed E-state index contributed by atoms with van der Waals surface area (Å²) in [6.45, 7) is 12.0. The van der Waals surface area contributed by atoms with Gasteiger partial charge in [-0.1, -0.05) is 13.8 Å². The molecule has 1 fully saturated rings. The molecule has 2 heteroatoms. The number of rotatable bonds is 3. The summed E-state index contributed by atoms with van der Waals surface area (Å²) in [5, 5.41) is 0. The molecule has 0 spiro atoms. The Hall–Kier alpha value is -0.0800. The quantitative estimate of drug-likeness (QED) is 0.660. The highest BCUT2D eigenvalue weighted by Gasteiger charge is 2.29. The van der Waals surface area contributed by atoms with E-state index in [0.717, 1.165) is 0 Å². The molecule has 0 aromatic heterocycles. The van der Waals surface area contributed by atoms with Crippen LogP contribution in [0.2, 0.25) is 0 Å². The van der Waals surface area contributed by atoms with Gasteiger partial charge in [0.1, 0.15) is 0 Å². The number of nitrogens with zero attached hydrogens (tertiary/aromatic N) is 2. The van der Waals surface area contributed by atoms with Crippen LogP contribution in [0.4, 0.5) is 0 Å². The van der Waals surface area contributed by atoms with Crippen molar-refractivity contribution in [2.75, 3.05) is 33.2 Å². The number of piperazine rings is 1. The normalized spacial score (nSPS) is 22.2. The molecule has 1 aliphatic heterocycles. The fraction of sp³-hybridized carbons (Fsp3) is 1.00. The molecule has 0 atom stereocenters. The van der Waals surface area contributed by atoms with Gasteiger partial charge in [-0.2, -0.15) is 0 Å². The van der Waals surface area contributed by atoms with Crippen molar-refractivity contribution in [3.05, 3.63) is 0 Å². The maximum absolute atomic E-state index is 2.66. The van der Waals surface area contributed by atoms with Crippen LogP contribution in [0.3, 0.4) is 0 Å². The summed E-state index contributed by atoms with van der Waals surface area (Å²) in [4.78, 5) is 5.08. The Morgan fingerprint density at radius 3 is 1.85 bits per heavy atom. The van der Waals surface area contributed by atoms with Gasteiger partial charge >= 0.3 is 0 Å². The molecule has 1 heterocycles. The predicted molar refractivity (Wildman–Crippen MR) is 58.1 cm³/mol. The summed E-state index contributed by atoms with van der Waals surface area (Å²) in [6, 6.07) is 0. The zero-order valence-electron chi connectivity index (χ0n) is 9.64. The average molecular weight is 184 g/mol. The van der Waals surface area contributed by atoms with Crippen LogP contribution in [-0.4, -0.2) is 48.6 Å². The summed E-state index contributed by atoms with van der Waals surface area (Å²) < 4.78 is 0. The number of hydrogen-bond donors (Lipinski definition) is 0. The van der Waals surface area contributed by atoms with E-state index in [1.807, 2.05) is 0 Å². The molecular weight excluding hydrogens is 160 g/mol. The summed E-state index contributed by atoms with van der Waals surface area (Å²) in [7, 11) is 2.21. The zero-order chi connectivity index (χ0) is 9.90. The highest BCUT2D eigenvalue weighted by Crippen LogP contribution is 2.24. The minimum atomic E-state index is 0.446. The minimum Gasteiger partial charge on any atom is -0.304 e. The molecular formula is C11H24N2. The SMILES string of the molecule is CCC(C)(CC)N1CCN(C)CC1. The van der Waals surface area contributed by atoms with E-state index in [4.69, 9.17) is 0 Å². The lowest BCUT2D eigenvalue weighted by Gasteiger charge is -2.44. The summed E-state index contributed by atoms with van der Waals surface area (Å²) in [6.07, 6.45) is 2.54. The Balaban J connectivity index is 2.51. The molecule has 1 aliphatic rings. The van der Waals surface area contributed by atoms with Crippen molar-refractivity contribution in [2.45, 2.75) is 39.2 Å². The van der Waals surface area contributed by atoms with Crippen LogP contribution >= 0.6 is 0 Å². The van der Waals surface area contributed by atoms with Gasteiger partial charge in [0.05, 0.1) is 0 Å². The minimum absolute atomic E-state index is 0.446. The van der Waals surface area contributed by atoms with Gasteiger partial charge in [-0.05, 0) is 26.8 Å². The lowest BCUT2D eigenvalue weighted by molar-refractivity contribution is 0.0454. The van der Waals surface area contributed by atoms with E-state index < -0.39 is 0 Å². The van der Waals surface area contributed by atoms with Crippen LogP contribution in [0.1, 0.15) is 33.6 Å². The highest BCUT2D eigenvalue weighted by atomic mass is 15.3. The van der Waals surface area contributed by atoms with Crippen molar-refractivity contribution in [2.24, 2.45) is 0 Å². The van der Waals surface area contributed by atoms with Gasteiger partial charge in [0.2, 0.25) is 0 Å². The van der Waals surface area contributed by atoms with Crippen molar-refractivity contribution >= 4 is 0 Å². The second kappa shape index (κ2) is 4.43. The molecule has 0 amide bonds. The van der Waals surface area contributed by atoms with Gasteiger partial charge < -0.3 is 4.90 Å². The lowest BCUT2D eigenvalue weighted by atomic mass is 9.92. The Morgan fingerprint density at radius 1 is 1.00 bits per heavy atom. The molecule has 0 aliphatic carbocycles. The van der Waals surface area contributed by atoms with Crippen molar-refractivity contribution in [1.82, 2.24) is 9.80 Å². The first kappa shape index (κ1) is 11.0. The Kier molecular flexibility index (Phi) is 3.74. The van der Waals surface area contributed by atoms with Crippen LogP contribution in [0.25, 0.3) is 0 Å². The molecule has 78 valence electrons. The first-order valence-electron chi connectivity index (χ1n) is 5.56. The molecule has 0 N–H and O–H groups in total. The fourth-order valence-corrected chi connectivity index (χ4v) is 2.04. The van der Waals surface area contributed by atoms with Crippen LogP contribution in [0.5, 0.6) is 0 Å². The van der Waals surface area contributed by atoms with Crippen molar-refractivity contribution < 1.29 is 0 Å². The molecule has 0 radical (unpaired) electrons. The highest BCUT2D eigenvalue weighted by molar-refractivity contribution is 4.86. The van der Waals surface area contributed by atoms with Crippen LogP contribution in [0.15, 0.2) is 0 Å². The Morgan fingerprint density at radius 2 is 1.46 bits per heavy atom. The third-order valence-electron chi connectivity index (χ3n) is 3.79. The largest absolute Gasteiger partial charge is 0.304 e. The number of likely N-dealkylation sites (N-methyl/N-ethyl adjacent to an activating group) is 1. The zero-order valence-corrected chi connectivity index (χ0v) is 9.64. The Bertz CT molecular complexity index is 144. The molecule has 0 aromatic rings. The summed E-state index contributed by atoms with van der Waals surface area (Å²) in [5.41, 5.74) is 0.446. The van der Waals surface area contributed by atoms with E-state index in [2.05, 4.69) is 37.6 Å². The van der Waals surface area contributed by atoms with Gasteiger partial charge in [0.15, 0.2) is 0 Å². The average Bonchev–Trinajstić information content (AvgIpc) is 2.18. The van der Waals surface area contributed by atoms with E-state index in [0.29, 0.717) is 5.54 Å². The van der Waals surface area contributed by atoms with Crippen molar-refractivity contribution in [1.29, 1.82) is 0 Å². The molecule has 0 saturated carbocycles. The third-order valence-corrected chi connectivity index (χ3v) is 3.79. The maximum Gasteiger partial charge on any atom is 0.0177 e. The first-order chi connectivity index (χ1) is 6.12. The smallest absolute Gasteiger partial charge is 0.0177 e. The molecule has 0 aromatic carbocycles. The second-order valence-corrected chi connectivity index (χ2v) is 4.49. The Labute approximate surface area is 82.9 Å². The van der Waals surface area contributed by atoms with Crippen LogP contribution in [0, 0.1) is 0 Å². The molecule has 1 rings (SSSR count). The van der Waals surface area contributed by atoms with Crippen LogP contribution < -0.4 is 0 Å². The van der Waals surface area contributed by atoms with Gasteiger partial charge in [0, 0.05) is 31.7 Å². The fourth-order valence-electron chi connectivity index (χ4n) is 2.04. The second-order valence-electron chi connectivity index (χ2n) is 4.49. The monoisotopic (exact) mass is 184 g/mol. The van der Waals surface area contributed by atoms with E-state index in [1.165, 1.54) is 39.0 Å². The third kappa shape index (κ3) is 2.44. The van der Waals surface area contributed by atoms with Crippen LogP contribution in [-0.2, 0) is 0 Å². The summed E-state index contributed by atoms with van der Waals surface area (Å²) in [5.74, 6) is 0. The van der Waals surface area contributed by atoms with E-state index in [9.17, 15) is 0 Å². The first-order valence-corrected chi connectivity index (χ1v) is 5.56. The topological polar surface area (TPSA) is 6.48 Å². The van der Waals surface area contributed by atoms with Crippen molar-refractivity contribution in [3.8, 4) is 0 Å². The van der Waals surface area contributed by atoms with E-state index in [-0.39, 0.29) is 0 Å². The predicted octanol–water partition coefficient (Wildman–Crippen LogP) is 1.81. The molecule has 0 unspecified atom stereocenters. The number of hydrogen-bond acceptors (Lipinski definition) is 2. The molecule has 2 nitrogen and oxygen atoms in total. The van der Waals surface area contributed by atoms with Crippen molar-refractivity contribution in [3.63, 3.8) is 0 Å². The van der Waals surface area contributed by atoms with Gasteiger partial charge in [-0.25, -0.2) is 0 Å². The van der Waals surface area contributed by atoms with Gasteiger partial charge in [-0.3, -0.25) is 4.90 Å². The molecule has 13 heavy (non-hydrogen) atoms. The van der Waals surface area contributed by atoms with Gasteiger partial charge in [0.25, 0.3) is 0 Å². The molecule has 1 saturated heterocycles. The van der Waals surface area contributed by atoms with E-state index in [1.54, 1.807) is 0 Å². The standard InChI is InChI=1S/C11H24N2/c1-5-11(3,6-2)13-9-7-12(4)8-10-13/h5-10H2,1-4H3.